The summed E-state index contributed by atoms with van der Waals surface area (Å²) >= 11 is 5.33. The zero-order chi connectivity index (χ0) is 16.7. The molecular weight excluding hydrogens is 343 g/mol. The van der Waals surface area contributed by atoms with Crippen molar-refractivity contribution in [1.82, 2.24) is 4.98 Å². The maximum Gasteiger partial charge on any atom is 0.426 e. The molecule has 1 aromatic carbocycles. The summed E-state index contributed by atoms with van der Waals surface area (Å²) < 4.78 is 47.8. The highest BCUT2D eigenvalue weighted by Gasteiger charge is 2.63. The van der Waals surface area contributed by atoms with Crippen LogP contribution in [0.3, 0.4) is 0 Å². The van der Waals surface area contributed by atoms with Gasteiger partial charge in [-0.1, -0.05) is 29.8 Å². The molecule has 2 atom stereocenters. The van der Waals surface area contributed by atoms with Crippen LogP contribution in [-0.4, -0.2) is 25.4 Å². The van der Waals surface area contributed by atoms with E-state index in [0.29, 0.717) is 17.8 Å². The standard InChI is InChI=1S/C13H9ClF3NO3S/c1-7(19)12(14,13(15,16)17)22(21)10-6-8-4-2-3-5-9(8)18-11(10)20/h2-6H,1H3,(H,18,20). The molecule has 0 amide bonds. The highest BCUT2D eigenvalue weighted by molar-refractivity contribution is 7.89. The second kappa shape index (κ2) is 5.51. The molecule has 22 heavy (non-hydrogen) atoms. The van der Waals surface area contributed by atoms with Crippen LogP contribution in [0.15, 0.2) is 40.0 Å². The number of benzene rings is 1. The topological polar surface area (TPSA) is 67.0 Å². The van der Waals surface area contributed by atoms with E-state index in [1.54, 1.807) is 12.1 Å². The first-order valence-corrected chi connectivity index (χ1v) is 7.42. The number of para-hydroxylation sites is 1. The summed E-state index contributed by atoms with van der Waals surface area (Å²) in [6.07, 6.45) is -5.27. The van der Waals surface area contributed by atoms with Crippen LogP contribution < -0.4 is 5.56 Å². The molecule has 0 spiro atoms. The van der Waals surface area contributed by atoms with Crippen LogP contribution in [0.4, 0.5) is 13.2 Å². The molecule has 118 valence electrons. The number of aromatic nitrogens is 1. The average molecular weight is 352 g/mol. The number of aromatic amines is 1. The molecule has 2 unspecified atom stereocenters. The maximum atomic E-state index is 13.1. The number of rotatable bonds is 3. The van der Waals surface area contributed by atoms with E-state index >= 15 is 0 Å². The van der Waals surface area contributed by atoms with Crippen LogP contribution in [-0.2, 0) is 15.6 Å². The Balaban J connectivity index is 2.69. The van der Waals surface area contributed by atoms with Crippen molar-refractivity contribution in [3.05, 3.63) is 40.7 Å². The highest BCUT2D eigenvalue weighted by Crippen LogP contribution is 2.41. The third kappa shape index (κ3) is 2.56. The Morgan fingerprint density at radius 1 is 1.27 bits per heavy atom. The smallest absolute Gasteiger partial charge is 0.321 e. The molecule has 0 saturated heterocycles. The Hall–Kier alpha value is -1.67. The number of nitrogens with one attached hydrogen (secondary N) is 1. The number of carbonyl (C=O) groups is 1. The first-order valence-electron chi connectivity index (χ1n) is 5.89. The molecule has 0 fully saturated rings. The monoisotopic (exact) mass is 351 g/mol. The van der Waals surface area contributed by atoms with E-state index in [1.165, 1.54) is 12.1 Å². The normalized spacial score (nSPS) is 16.2. The summed E-state index contributed by atoms with van der Waals surface area (Å²) in [4.78, 5) is 24.8. The van der Waals surface area contributed by atoms with Crippen molar-refractivity contribution < 1.29 is 22.2 Å². The van der Waals surface area contributed by atoms with Crippen LogP contribution in [0, 0.1) is 0 Å². The van der Waals surface area contributed by atoms with Gasteiger partial charge in [0, 0.05) is 5.52 Å². The maximum absolute atomic E-state index is 13.1. The first-order chi connectivity index (χ1) is 10.1. The van der Waals surface area contributed by atoms with Gasteiger partial charge in [0.05, 0.1) is 10.8 Å². The van der Waals surface area contributed by atoms with E-state index in [1.807, 2.05) is 0 Å². The summed E-state index contributed by atoms with van der Waals surface area (Å²) in [5.74, 6) is -1.55. The van der Waals surface area contributed by atoms with E-state index in [4.69, 9.17) is 11.6 Å². The van der Waals surface area contributed by atoms with Crippen LogP contribution >= 0.6 is 11.6 Å². The molecule has 0 bridgehead atoms. The van der Waals surface area contributed by atoms with Gasteiger partial charge < -0.3 is 4.98 Å². The van der Waals surface area contributed by atoms with Crippen molar-refractivity contribution in [2.24, 2.45) is 0 Å². The van der Waals surface area contributed by atoms with Gasteiger partial charge in [-0.25, -0.2) is 0 Å². The molecule has 0 aliphatic heterocycles. The third-order valence-electron chi connectivity index (χ3n) is 2.99. The van der Waals surface area contributed by atoms with E-state index in [0.717, 1.165) is 6.07 Å². The van der Waals surface area contributed by atoms with E-state index in [-0.39, 0.29) is 0 Å². The Morgan fingerprint density at radius 2 is 1.86 bits per heavy atom. The summed E-state index contributed by atoms with van der Waals surface area (Å²) in [6, 6.07) is 7.30. The number of Topliss-reactive ketones (excluding diaryl/α,β-unsaturated/α-hetero) is 1. The molecule has 2 aromatic rings. The second-order valence-corrected chi connectivity index (χ2v) is 6.85. The Kier molecular flexibility index (Phi) is 4.18. The molecule has 1 heterocycles. The Morgan fingerprint density at radius 3 is 2.41 bits per heavy atom. The number of halogens is 4. The van der Waals surface area contributed by atoms with Crippen molar-refractivity contribution in [2.45, 2.75) is 22.2 Å². The van der Waals surface area contributed by atoms with Crippen molar-refractivity contribution in [3.8, 4) is 0 Å². The molecule has 2 rings (SSSR count). The predicted molar refractivity (Wildman–Crippen MR) is 76.3 cm³/mol. The van der Waals surface area contributed by atoms with Gasteiger partial charge in [-0.2, -0.15) is 13.2 Å². The summed E-state index contributed by atoms with van der Waals surface area (Å²) in [5.41, 5.74) is -0.629. The van der Waals surface area contributed by atoms with Crippen molar-refractivity contribution in [1.29, 1.82) is 0 Å². The number of hydrogen-bond donors (Lipinski definition) is 1. The largest absolute Gasteiger partial charge is 0.426 e. The van der Waals surface area contributed by atoms with Crippen LogP contribution in [0.5, 0.6) is 0 Å². The van der Waals surface area contributed by atoms with Gasteiger partial charge in [-0.15, -0.1) is 0 Å². The number of H-pyrrole nitrogens is 1. The lowest BCUT2D eigenvalue weighted by Gasteiger charge is -2.25. The minimum absolute atomic E-state index is 0.364. The van der Waals surface area contributed by atoms with Crippen molar-refractivity contribution in [2.75, 3.05) is 0 Å². The number of hydrogen-bond acceptors (Lipinski definition) is 3. The summed E-state index contributed by atoms with van der Waals surface area (Å²) in [5, 5.41) is 0.371. The quantitative estimate of drug-likeness (QED) is 0.865. The van der Waals surface area contributed by atoms with Gasteiger partial charge in [-0.05, 0) is 24.4 Å². The van der Waals surface area contributed by atoms with Gasteiger partial charge in [0.1, 0.15) is 4.90 Å². The van der Waals surface area contributed by atoms with Gasteiger partial charge >= 0.3 is 6.18 Å². The van der Waals surface area contributed by atoms with Crippen LogP contribution in [0.1, 0.15) is 6.92 Å². The lowest BCUT2D eigenvalue weighted by molar-refractivity contribution is -0.154. The number of carbonyl (C=O) groups excluding carboxylic acids is 1. The van der Waals surface area contributed by atoms with E-state index < -0.39 is 37.4 Å². The molecule has 4 nitrogen and oxygen atoms in total. The third-order valence-corrected chi connectivity index (χ3v) is 5.63. The van der Waals surface area contributed by atoms with Crippen LogP contribution in [0.2, 0.25) is 0 Å². The molecule has 9 heteroatoms. The van der Waals surface area contributed by atoms with Crippen LogP contribution in [0.25, 0.3) is 10.9 Å². The fraction of sp³-hybridized carbons (Fsp3) is 0.231. The van der Waals surface area contributed by atoms with Gasteiger partial charge in [0.2, 0.25) is 0 Å². The summed E-state index contributed by atoms with van der Waals surface area (Å²) in [7, 11) is -3.11. The Labute approximate surface area is 129 Å². The molecular formula is C13H9ClF3NO3S. The van der Waals surface area contributed by atoms with E-state index in [2.05, 4.69) is 4.98 Å². The van der Waals surface area contributed by atoms with Crippen molar-refractivity contribution in [3.63, 3.8) is 0 Å². The predicted octanol–water partition coefficient (Wildman–Crippen LogP) is 2.72. The fourth-order valence-corrected chi connectivity index (χ4v) is 3.33. The summed E-state index contributed by atoms with van der Waals surface area (Å²) in [6.45, 7) is 0.577. The highest BCUT2D eigenvalue weighted by atomic mass is 35.5. The number of ketones is 1. The van der Waals surface area contributed by atoms with E-state index in [9.17, 15) is 27.0 Å². The SMILES string of the molecule is CC(=O)C(Cl)(S(=O)c1cc2ccccc2[nH]c1=O)C(F)(F)F. The average Bonchev–Trinajstić information content (AvgIpc) is 2.43. The minimum Gasteiger partial charge on any atom is -0.321 e. The van der Waals surface area contributed by atoms with Gasteiger partial charge in [0.15, 0.2) is 5.78 Å². The zero-order valence-corrected chi connectivity index (χ0v) is 12.6. The second-order valence-electron chi connectivity index (χ2n) is 4.47. The molecule has 0 aliphatic rings. The number of fused-ring (bicyclic) bond motifs is 1. The lowest BCUT2D eigenvalue weighted by atomic mass is 10.2. The number of pyridine rings is 1. The molecule has 0 aliphatic carbocycles. The fourth-order valence-electron chi connectivity index (χ4n) is 1.85. The molecule has 1 N–H and O–H groups in total. The zero-order valence-electron chi connectivity index (χ0n) is 11.0. The number of alkyl halides is 4. The van der Waals surface area contributed by atoms with Gasteiger partial charge in [0.25, 0.3) is 9.77 Å². The molecule has 0 saturated carbocycles. The molecule has 1 aromatic heterocycles. The van der Waals surface area contributed by atoms with Gasteiger partial charge in [-0.3, -0.25) is 13.8 Å². The minimum atomic E-state index is -5.27. The Bertz CT molecular complexity index is 833. The first kappa shape index (κ1) is 16.7. The van der Waals surface area contributed by atoms with Crippen molar-refractivity contribution >= 4 is 39.1 Å². The lowest BCUT2D eigenvalue weighted by Crippen LogP contribution is -2.50. The molecule has 0 radical (unpaired) electrons.